The highest BCUT2D eigenvalue weighted by Crippen LogP contribution is 2.20. The van der Waals surface area contributed by atoms with E-state index in [2.05, 4.69) is 18.3 Å². The fourth-order valence-electron chi connectivity index (χ4n) is 1.85. The second kappa shape index (κ2) is 7.93. The first-order valence-electron chi connectivity index (χ1n) is 6.35. The first-order chi connectivity index (χ1) is 8.54. The summed E-state index contributed by atoms with van der Waals surface area (Å²) in [5.41, 5.74) is 1.22. The maximum atomic E-state index is 11.3. The first-order valence-corrected chi connectivity index (χ1v) is 8.35. The zero-order valence-corrected chi connectivity index (χ0v) is 12.9. The molecule has 0 spiro atoms. The van der Waals surface area contributed by atoms with Gasteiger partial charge in [-0.2, -0.15) is 0 Å². The summed E-state index contributed by atoms with van der Waals surface area (Å²) in [4.78, 5) is 0. The lowest BCUT2D eigenvalue weighted by Crippen LogP contribution is -2.25. The number of hydrogen-bond donors (Lipinski definition) is 1. The molecule has 0 aliphatic rings. The molecule has 0 heterocycles. The third kappa shape index (κ3) is 5.09. The molecule has 0 saturated carbocycles. The van der Waals surface area contributed by atoms with Gasteiger partial charge in [-0.05, 0) is 37.1 Å². The van der Waals surface area contributed by atoms with Gasteiger partial charge in [0.1, 0.15) is 0 Å². The quantitative estimate of drug-likeness (QED) is 0.831. The van der Waals surface area contributed by atoms with E-state index in [4.69, 9.17) is 11.6 Å². The van der Waals surface area contributed by atoms with E-state index in [1.54, 1.807) is 6.26 Å². The second-order valence-corrected chi connectivity index (χ2v) is 6.81. The summed E-state index contributed by atoms with van der Waals surface area (Å²) in [6, 6.07) is 8.28. The summed E-state index contributed by atoms with van der Waals surface area (Å²) >= 11 is 6.00. The lowest BCUT2D eigenvalue weighted by molar-refractivity contribution is 0.508. The fourth-order valence-corrected chi connectivity index (χ4v) is 2.50. The topological polar surface area (TPSA) is 29.1 Å². The first kappa shape index (κ1) is 15.7. The molecule has 0 bridgehead atoms. The van der Waals surface area contributed by atoms with Crippen LogP contribution in [0.2, 0.25) is 5.02 Å². The third-order valence-corrected chi connectivity index (χ3v) is 4.77. The monoisotopic (exact) mass is 287 g/mol. The highest BCUT2D eigenvalue weighted by atomic mass is 35.5. The van der Waals surface area contributed by atoms with E-state index in [0.29, 0.717) is 6.04 Å². The third-order valence-electron chi connectivity index (χ3n) is 3.17. The van der Waals surface area contributed by atoms with Crippen molar-refractivity contribution in [3.63, 3.8) is 0 Å². The van der Waals surface area contributed by atoms with Gasteiger partial charge in [0.05, 0.1) is 0 Å². The number of nitrogens with one attached hydrogen (secondary N) is 1. The van der Waals surface area contributed by atoms with Crippen molar-refractivity contribution in [1.82, 2.24) is 5.32 Å². The Bertz CT molecular complexity index is 397. The van der Waals surface area contributed by atoms with Crippen LogP contribution in [0.15, 0.2) is 24.3 Å². The Balaban J connectivity index is 2.50. The van der Waals surface area contributed by atoms with Crippen LogP contribution >= 0.6 is 11.6 Å². The minimum absolute atomic E-state index is 0.245. The molecule has 4 heteroatoms. The number of halogens is 1. The van der Waals surface area contributed by atoms with Gasteiger partial charge in [0.25, 0.3) is 0 Å². The molecule has 0 fully saturated rings. The summed E-state index contributed by atoms with van der Waals surface area (Å²) in [5.74, 6) is 0. The van der Waals surface area contributed by atoms with Gasteiger partial charge in [0, 0.05) is 33.4 Å². The molecule has 1 N–H and O–H groups in total. The van der Waals surface area contributed by atoms with Crippen LogP contribution in [0.3, 0.4) is 0 Å². The zero-order valence-electron chi connectivity index (χ0n) is 11.3. The second-order valence-electron chi connectivity index (χ2n) is 4.57. The molecule has 1 rings (SSSR count). The van der Waals surface area contributed by atoms with Gasteiger partial charge in [-0.15, -0.1) is 0 Å². The van der Waals surface area contributed by atoms with Crippen molar-refractivity contribution in [2.24, 2.45) is 0 Å². The van der Waals surface area contributed by atoms with Gasteiger partial charge in [-0.1, -0.05) is 37.6 Å². The minimum Gasteiger partial charge on any atom is -0.310 e. The van der Waals surface area contributed by atoms with E-state index < -0.39 is 10.8 Å². The minimum atomic E-state index is -0.736. The molecule has 1 aromatic rings. The Morgan fingerprint density at radius 1 is 1.44 bits per heavy atom. The molecule has 0 aliphatic carbocycles. The Morgan fingerprint density at radius 3 is 2.72 bits per heavy atom. The number of benzene rings is 1. The molecule has 3 atom stereocenters. The van der Waals surface area contributed by atoms with Crippen molar-refractivity contribution >= 4 is 22.4 Å². The van der Waals surface area contributed by atoms with Crippen LogP contribution in [0, 0.1) is 0 Å². The predicted molar refractivity (Wildman–Crippen MR) is 80.6 cm³/mol. The van der Waals surface area contributed by atoms with Gasteiger partial charge in [-0.25, -0.2) is 0 Å². The van der Waals surface area contributed by atoms with Crippen LogP contribution in [-0.2, 0) is 10.8 Å². The predicted octanol–water partition coefficient (Wildman–Crippen LogP) is 3.54. The molecule has 0 aliphatic heterocycles. The van der Waals surface area contributed by atoms with Crippen LogP contribution in [0.1, 0.15) is 38.3 Å². The van der Waals surface area contributed by atoms with E-state index >= 15 is 0 Å². The Kier molecular flexibility index (Phi) is 6.90. The van der Waals surface area contributed by atoms with E-state index in [9.17, 15) is 4.21 Å². The summed E-state index contributed by atoms with van der Waals surface area (Å²) in [5, 5.41) is 4.52. The summed E-state index contributed by atoms with van der Waals surface area (Å²) in [6.45, 7) is 5.06. The van der Waals surface area contributed by atoms with Crippen LogP contribution in [-0.4, -0.2) is 22.3 Å². The van der Waals surface area contributed by atoms with Gasteiger partial charge >= 0.3 is 0 Å². The van der Waals surface area contributed by atoms with E-state index in [1.165, 1.54) is 5.56 Å². The highest BCUT2D eigenvalue weighted by Gasteiger charge is 2.10. The lowest BCUT2D eigenvalue weighted by Gasteiger charge is -2.18. The van der Waals surface area contributed by atoms with Crippen molar-refractivity contribution in [3.8, 4) is 0 Å². The summed E-state index contributed by atoms with van der Waals surface area (Å²) in [6.07, 6.45) is 3.71. The van der Waals surface area contributed by atoms with Gasteiger partial charge in [0.2, 0.25) is 0 Å². The molecular formula is C14H22ClNOS. The molecule has 102 valence electrons. The van der Waals surface area contributed by atoms with Crippen molar-refractivity contribution in [1.29, 1.82) is 0 Å². The van der Waals surface area contributed by atoms with Crippen LogP contribution in [0.4, 0.5) is 0 Å². The maximum Gasteiger partial charge on any atom is 0.0409 e. The van der Waals surface area contributed by atoms with Crippen LogP contribution in [0.5, 0.6) is 0 Å². The fraction of sp³-hybridized carbons (Fsp3) is 0.571. The average molecular weight is 288 g/mol. The molecule has 0 amide bonds. The molecule has 0 saturated heterocycles. The van der Waals surface area contributed by atoms with Crippen molar-refractivity contribution < 1.29 is 4.21 Å². The number of hydrogen-bond acceptors (Lipinski definition) is 2. The van der Waals surface area contributed by atoms with E-state index in [1.807, 2.05) is 25.1 Å². The highest BCUT2D eigenvalue weighted by molar-refractivity contribution is 7.84. The Hall–Kier alpha value is -0.380. The van der Waals surface area contributed by atoms with E-state index in [-0.39, 0.29) is 5.25 Å². The zero-order chi connectivity index (χ0) is 13.5. The number of rotatable bonds is 7. The molecule has 2 nitrogen and oxygen atoms in total. The molecule has 18 heavy (non-hydrogen) atoms. The lowest BCUT2D eigenvalue weighted by atomic mass is 10.0. The standard InChI is InChI=1S/C14H22ClNOS/c1-4-14(12-6-5-7-13(15)10-12)16-9-8-11(2)18(3)17/h5-7,10-11,14,16H,4,8-9H2,1-3H3. The van der Waals surface area contributed by atoms with Gasteiger partial charge in [-0.3, -0.25) is 4.21 Å². The van der Waals surface area contributed by atoms with Crippen molar-refractivity contribution in [3.05, 3.63) is 34.9 Å². The largest absolute Gasteiger partial charge is 0.310 e. The molecule has 0 aromatic heterocycles. The van der Waals surface area contributed by atoms with E-state index in [0.717, 1.165) is 24.4 Å². The molecule has 3 unspecified atom stereocenters. The molecular weight excluding hydrogens is 266 g/mol. The maximum absolute atomic E-state index is 11.3. The van der Waals surface area contributed by atoms with Crippen LogP contribution < -0.4 is 5.32 Å². The summed E-state index contributed by atoms with van der Waals surface area (Å²) in [7, 11) is -0.736. The molecule has 0 radical (unpaired) electrons. The van der Waals surface area contributed by atoms with Gasteiger partial charge in [0.15, 0.2) is 0 Å². The normalized spacial score (nSPS) is 16.2. The Labute approximate surface area is 118 Å². The Morgan fingerprint density at radius 2 is 2.17 bits per heavy atom. The van der Waals surface area contributed by atoms with Crippen LogP contribution in [0.25, 0.3) is 0 Å². The van der Waals surface area contributed by atoms with Gasteiger partial charge < -0.3 is 5.32 Å². The smallest absolute Gasteiger partial charge is 0.0409 e. The van der Waals surface area contributed by atoms with Crippen molar-refractivity contribution in [2.45, 2.75) is 38.0 Å². The average Bonchev–Trinajstić information content (AvgIpc) is 2.34. The SMILES string of the molecule is CCC(NCCC(C)S(C)=O)c1cccc(Cl)c1. The van der Waals surface area contributed by atoms with Crippen molar-refractivity contribution in [2.75, 3.05) is 12.8 Å². The molecule has 1 aromatic carbocycles. The summed E-state index contributed by atoms with van der Waals surface area (Å²) < 4.78 is 11.3.